The zero-order chi connectivity index (χ0) is 23.6. The van der Waals surface area contributed by atoms with Gasteiger partial charge in [-0.25, -0.2) is 18.7 Å². The standard InChI is InChI=1S/C18H14ClF5N6O2/c1-29(12-3-2-11(20)15(19)16(12)21)14(32)6-30(17-25-8-26-28-17)13-5-9(18(22,23)24)4-10(7-31)27-13/h2-5,8,31H,6-7H2,1H3,(H,25,26,28). The lowest BCUT2D eigenvalue weighted by Gasteiger charge is -2.25. The molecule has 32 heavy (non-hydrogen) atoms. The van der Waals surface area contributed by atoms with Crippen molar-refractivity contribution in [3.05, 3.63) is 58.5 Å². The molecule has 0 saturated heterocycles. The first-order valence-electron chi connectivity index (χ1n) is 8.75. The lowest BCUT2D eigenvalue weighted by atomic mass is 10.2. The Morgan fingerprint density at radius 2 is 1.97 bits per heavy atom. The van der Waals surface area contributed by atoms with E-state index in [2.05, 4.69) is 20.2 Å². The molecule has 0 unspecified atom stereocenters. The van der Waals surface area contributed by atoms with E-state index in [-0.39, 0.29) is 23.1 Å². The number of nitrogens with one attached hydrogen (secondary N) is 1. The van der Waals surface area contributed by atoms with Gasteiger partial charge in [0.2, 0.25) is 5.91 Å². The van der Waals surface area contributed by atoms with E-state index in [0.29, 0.717) is 12.1 Å². The average molecular weight is 477 g/mol. The number of H-pyrrole nitrogens is 1. The molecular formula is C18H14ClF5N6O2. The van der Waals surface area contributed by atoms with Crippen LogP contribution in [0.3, 0.4) is 0 Å². The number of carbonyl (C=O) groups is 1. The van der Waals surface area contributed by atoms with Gasteiger partial charge < -0.3 is 10.0 Å². The molecule has 0 spiro atoms. The third-order valence-electron chi connectivity index (χ3n) is 4.32. The molecule has 0 bridgehead atoms. The van der Waals surface area contributed by atoms with Crippen LogP contribution in [0.1, 0.15) is 11.3 Å². The second-order valence-corrected chi connectivity index (χ2v) is 6.77. The fraction of sp³-hybridized carbons (Fsp3) is 0.222. The third-order valence-corrected chi connectivity index (χ3v) is 4.66. The first kappa shape index (κ1) is 23.3. The van der Waals surface area contributed by atoms with E-state index in [9.17, 15) is 31.9 Å². The zero-order valence-corrected chi connectivity index (χ0v) is 16.9. The lowest BCUT2D eigenvalue weighted by molar-refractivity contribution is -0.137. The second-order valence-electron chi connectivity index (χ2n) is 6.39. The van der Waals surface area contributed by atoms with Crippen molar-refractivity contribution in [3.8, 4) is 0 Å². The van der Waals surface area contributed by atoms with Gasteiger partial charge in [0.05, 0.1) is 23.6 Å². The highest BCUT2D eigenvalue weighted by atomic mass is 35.5. The summed E-state index contributed by atoms with van der Waals surface area (Å²) in [5.74, 6) is -3.64. The Hall–Kier alpha value is -3.32. The highest BCUT2D eigenvalue weighted by Gasteiger charge is 2.33. The molecule has 8 nitrogen and oxygen atoms in total. The smallest absolute Gasteiger partial charge is 0.390 e. The topological polar surface area (TPSA) is 98.2 Å². The van der Waals surface area contributed by atoms with Crippen LogP contribution in [0.25, 0.3) is 0 Å². The fourth-order valence-corrected chi connectivity index (χ4v) is 2.85. The number of aromatic nitrogens is 4. The van der Waals surface area contributed by atoms with Crippen LogP contribution < -0.4 is 9.80 Å². The normalized spacial score (nSPS) is 11.5. The van der Waals surface area contributed by atoms with Gasteiger partial charge >= 0.3 is 6.18 Å². The molecule has 0 saturated carbocycles. The molecule has 1 amide bonds. The summed E-state index contributed by atoms with van der Waals surface area (Å²) in [7, 11) is 1.17. The number of carbonyl (C=O) groups excluding carboxylic acids is 1. The average Bonchev–Trinajstić information content (AvgIpc) is 3.29. The summed E-state index contributed by atoms with van der Waals surface area (Å²) in [5, 5.41) is 14.6. The predicted molar refractivity (Wildman–Crippen MR) is 103 cm³/mol. The van der Waals surface area contributed by atoms with Gasteiger partial charge in [-0.3, -0.25) is 14.8 Å². The van der Waals surface area contributed by atoms with Gasteiger partial charge in [-0.1, -0.05) is 11.6 Å². The maximum atomic E-state index is 14.3. The number of aromatic amines is 1. The minimum atomic E-state index is -4.76. The Labute approximate surface area is 182 Å². The van der Waals surface area contributed by atoms with E-state index in [4.69, 9.17) is 11.6 Å². The molecule has 0 aliphatic heterocycles. The van der Waals surface area contributed by atoms with Crippen molar-refractivity contribution in [2.24, 2.45) is 0 Å². The molecule has 0 aliphatic carbocycles. The van der Waals surface area contributed by atoms with E-state index in [1.807, 2.05) is 0 Å². The van der Waals surface area contributed by atoms with Crippen LogP contribution in [0.2, 0.25) is 5.02 Å². The number of alkyl halides is 3. The van der Waals surface area contributed by atoms with Gasteiger partial charge in [-0.2, -0.15) is 13.2 Å². The Balaban J connectivity index is 2.00. The molecule has 170 valence electrons. The number of rotatable bonds is 6. The van der Waals surface area contributed by atoms with Crippen molar-refractivity contribution in [3.63, 3.8) is 0 Å². The van der Waals surface area contributed by atoms with Gasteiger partial charge in [0.1, 0.15) is 29.5 Å². The number of aliphatic hydroxyl groups excluding tert-OH is 1. The monoisotopic (exact) mass is 476 g/mol. The van der Waals surface area contributed by atoms with Crippen LogP contribution in [-0.4, -0.2) is 44.8 Å². The molecule has 3 rings (SSSR count). The summed E-state index contributed by atoms with van der Waals surface area (Å²) < 4.78 is 67.6. The maximum absolute atomic E-state index is 14.3. The first-order valence-corrected chi connectivity index (χ1v) is 9.13. The molecule has 0 atom stereocenters. The van der Waals surface area contributed by atoms with Gasteiger partial charge in [0.15, 0.2) is 5.82 Å². The van der Waals surface area contributed by atoms with Crippen LogP contribution >= 0.6 is 11.6 Å². The number of halogens is 6. The highest BCUT2D eigenvalue weighted by Crippen LogP contribution is 2.33. The number of likely N-dealkylation sites (N-methyl/N-ethyl adjacent to an activating group) is 1. The molecular weight excluding hydrogens is 463 g/mol. The summed E-state index contributed by atoms with van der Waals surface area (Å²) in [6, 6.07) is 3.15. The third kappa shape index (κ3) is 4.78. The Morgan fingerprint density at radius 1 is 1.25 bits per heavy atom. The minimum absolute atomic E-state index is 0.208. The van der Waals surface area contributed by atoms with Crippen molar-refractivity contribution < 1.29 is 31.9 Å². The summed E-state index contributed by atoms with van der Waals surface area (Å²) in [4.78, 5) is 22.3. The van der Waals surface area contributed by atoms with Crippen LogP contribution in [-0.2, 0) is 17.6 Å². The van der Waals surface area contributed by atoms with Crippen molar-refractivity contribution in [2.45, 2.75) is 12.8 Å². The number of hydrogen-bond acceptors (Lipinski definition) is 6. The predicted octanol–water partition coefficient (Wildman–Crippen LogP) is 3.44. The highest BCUT2D eigenvalue weighted by molar-refractivity contribution is 6.31. The number of hydrogen-bond donors (Lipinski definition) is 2. The quantitative estimate of drug-likeness (QED) is 0.418. The van der Waals surface area contributed by atoms with Gasteiger partial charge in [-0.15, -0.1) is 5.10 Å². The SMILES string of the molecule is CN(C(=O)CN(c1cc(C(F)(F)F)cc(CO)n1)c1nc[nH]n1)c1ccc(F)c(Cl)c1F. The summed E-state index contributed by atoms with van der Waals surface area (Å²) in [5.41, 5.74) is -1.79. The zero-order valence-electron chi connectivity index (χ0n) is 16.2. The number of nitrogens with zero attached hydrogens (tertiary/aromatic N) is 5. The molecule has 0 radical (unpaired) electrons. The number of benzene rings is 1. The number of amides is 1. The number of aliphatic hydroxyl groups is 1. The van der Waals surface area contributed by atoms with Crippen molar-refractivity contribution >= 4 is 35.0 Å². The van der Waals surface area contributed by atoms with Crippen LogP contribution in [0.15, 0.2) is 30.6 Å². The van der Waals surface area contributed by atoms with Crippen LogP contribution in [0, 0.1) is 11.6 Å². The van der Waals surface area contributed by atoms with Gasteiger partial charge in [0.25, 0.3) is 5.95 Å². The lowest BCUT2D eigenvalue weighted by Crippen LogP contribution is -2.37. The van der Waals surface area contributed by atoms with E-state index in [1.54, 1.807) is 0 Å². The molecule has 1 aromatic carbocycles. The molecule has 14 heteroatoms. The van der Waals surface area contributed by atoms with Crippen LogP contribution in [0.5, 0.6) is 0 Å². The van der Waals surface area contributed by atoms with Crippen LogP contribution in [0.4, 0.5) is 39.4 Å². The summed E-state index contributed by atoms with van der Waals surface area (Å²) in [6.07, 6.45) is -3.64. The molecule has 3 aromatic rings. The Morgan fingerprint density at radius 3 is 2.56 bits per heavy atom. The van der Waals surface area contributed by atoms with Gasteiger partial charge in [-0.05, 0) is 24.3 Å². The molecule has 0 aliphatic rings. The first-order chi connectivity index (χ1) is 15.0. The van der Waals surface area contributed by atoms with Crippen molar-refractivity contribution in [1.82, 2.24) is 20.2 Å². The fourth-order valence-electron chi connectivity index (χ4n) is 2.69. The van der Waals surface area contributed by atoms with E-state index >= 15 is 0 Å². The molecule has 2 N–H and O–H groups in total. The molecule has 2 heterocycles. The minimum Gasteiger partial charge on any atom is -0.390 e. The van der Waals surface area contributed by atoms with E-state index < -0.39 is 47.5 Å². The van der Waals surface area contributed by atoms with E-state index in [1.165, 1.54) is 7.05 Å². The van der Waals surface area contributed by atoms with Crippen molar-refractivity contribution in [2.75, 3.05) is 23.4 Å². The van der Waals surface area contributed by atoms with Gasteiger partial charge in [0, 0.05) is 7.05 Å². The van der Waals surface area contributed by atoms with Crippen molar-refractivity contribution in [1.29, 1.82) is 0 Å². The maximum Gasteiger partial charge on any atom is 0.416 e. The Bertz CT molecular complexity index is 1130. The Kier molecular flexibility index (Phi) is 6.60. The van der Waals surface area contributed by atoms with E-state index in [0.717, 1.165) is 28.3 Å². The number of anilines is 3. The molecule has 2 aromatic heterocycles. The second kappa shape index (κ2) is 9.04. The molecule has 0 fully saturated rings. The summed E-state index contributed by atoms with van der Waals surface area (Å²) in [6.45, 7) is -1.48. The summed E-state index contributed by atoms with van der Waals surface area (Å²) >= 11 is 5.55. The number of pyridine rings is 1. The largest absolute Gasteiger partial charge is 0.416 e.